The number of rotatable bonds is 3. The first-order valence-corrected chi connectivity index (χ1v) is 4.02. The van der Waals surface area contributed by atoms with Gasteiger partial charge in [0.15, 0.2) is 0 Å². The van der Waals surface area contributed by atoms with Crippen molar-refractivity contribution in [2.75, 3.05) is 0 Å². The maximum Gasteiger partial charge on any atom is 0.415 e. The van der Waals surface area contributed by atoms with Crippen LogP contribution in [0.2, 0.25) is 0 Å². The van der Waals surface area contributed by atoms with Crippen LogP contribution in [0.15, 0.2) is 4.47 Å². The Morgan fingerprint density at radius 1 is 1.50 bits per heavy atom. The minimum Gasteiger partial charge on any atom is -0.262 e. The van der Waals surface area contributed by atoms with Gasteiger partial charge >= 0.3 is 20.9 Å². The van der Waals surface area contributed by atoms with Crippen LogP contribution < -0.4 is 5.59 Å². The van der Waals surface area contributed by atoms with Crippen LogP contribution in [0.5, 0.6) is 0 Å². The van der Waals surface area contributed by atoms with Gasteiger partial charge in [0, 0.05) is 0 Å². The Kier molecular flexibility index (Phi) is 3.38. The quantitative estimate of drug-likeness (QED) is 0.401. The van der Waals surface area contributed by atoms with Crippen molar-refractivity contribution in [1.29, 1.82) is 0 Å². The molecule has 0 saturated carbocycles. The zero-order valence-corrected chi connectivity index (χ0v) is 5.89. The van der Waals surface area contributed by atoms with Gasteiger partial charge in [-0.05, 0) is 0 Å². The highest BCUT2D eigenvalue weighted by Crippen LogP contribution is 1.77. The van der Waals surface area contributed by atoms with E-state index >= 15 is 0 Å². The van der Waals surface area contributed by atoms with Crippen molar-refractivity contribution in [3.8, 4) is 0 Å². The summed E-state index contributed by atoms with van der Waals surface area (Å²) in [5.41, 5.74) is 1.10. The second-order valence-corrected chi connectivity index (χ2v) is 2.55. The summed E-state index contributed by atoms with van der Waals surface area (Å²) in [5, 5.41) is 0. The monoisotopic (exact) mass is 190 g/mol. The van der Waals surface area contributed by atoms with Crippen LogP contribution in [0.3, 0.4) is 0 Å². The summed E-state index contributed by atoms with van der Waals surface area (Å²) in [4.78, 5) is 0. The molecule has 60 valence electrons. The molecule has 10 heteroatoms. The summed E-state index contributed by atoms with van der Waals surface area (Å²) in [6.07, 6.45) is 0. The van der Waals surface area contributed by atoms with Crippen molar-refractivity contribution in [3.63, 3.8) is 0 Å². The Hall–Kier alpha value is -0.550. The summed E-state index contributed by atoms with van der Waals surface area (Å²) < 4.78 is 51.6. The maximum absolute atomic E-state index is 9.62. The smallest absolute Gasteiger partial charge is 0.262 e. The van der Waals surface area contributed by atoms with E-state index < -0.39 is 20.9 Å². The van der Waals surface area contributed by atoms with Gasteiger partial charge < -0.3 is 0 Å². The van der Waals surface area contributed by atoms with Crippen LogP contribution in [-0.4, -0.2) is 21.4 Å². The third kappa shape index (κ3) is 7.45. The van der Waals surface area contributed by atoms with Crippen LogP contribution in [0.25, 0.3) is 0 Å². The average Bonchev–Trinajstić information content (AvgIpc) is 1.59. The molecule has 0 aromatic heterocycles. The Labute approximate surface area is 57.4 Å². The van der Waals surface area contributed by atoms with Crippen molar-refractivity contribution in [3.05, 3.63) is 0 Å². The summed E-state index contributed by atoms with van der Waals surface area (Å²) in [6, 6.07) is 0. The molecule has 0 atom stereocenters. The van der Waals surface area contributed by atoms with E-state index in [1.54, 1.807) is 0 Å². The van der Waals surface area contributed by atoms with E-state index in [1.165, 1.54) is 0 Å². The molecule has 0 aromatic carbocycles. The number of nitrogens with one attached hydrogen (secondary N) is 1. The van der Waals surface area contributed by atoms with E-state index in [1.807, 2.05) is 0 Å². The zero-order valence-electron chi connectivity index (χ0n) is 4.25. The van der Waals surface area contributed by atoms with E-state index in [2.05, 4.69) is 8.76 Å². The van der Waals surface area contributed by atoms with Gasteiger partial charge in [0.05, 0.1) is 0 Å². The first kappa shape index (κ1) is 9.45. The van der Waals surface area contributed by atoms with Crippen LogP contribution in [0.1, 0.15) is 0 Å². The van der Waals surface area contributed by atoms with Crippen LogP contribution in [0.4, 0.5) is 0 Å². The first-order valence-electron chi connectivity index (χ1n) is 1.63. The highest BCUT2D eigenvalue weighted by atomic mass is 32.3. The van der Waals surface area contributed by atoms with Gasteiger partial charge in [-0.1, -0.05) is 10.1 Å². The molecule has 0 heterocycles. The fourth-order valence-electron chi connectivity index (χ4n) is 0.0927. The lowest BCUT2D eigenvalue weighted by molar-refractivity contribution is 0.181. The molecule has 8 nitrogen and oxygen atoms in total. The number of hydrogen-bond donors (Lipinski definition) is 2. The van der Waals surface area contributed by atoms with Crippen molar-refractivity contribution >= 4 is 20.9 Å². The molecule has 0 aliphatic carbocycles. The molecular weight excluding hydrogens is 188 g/mol. The Bertz CT molecular complexity index is 298. The highest BCUT2D eigenvalue weighted by Gasteiger charge is 2.01. The summed E-state index contributed by atoms with van der Waals surface area (Å²) in [7, 11) is -7.53. The molecule has 0 aromatic rings. The largest absolute Gasteiger partial charge is 0.415 e. The summed E-state index contributed by atoms with van der Waals surface area (Å²) in [5.74, 6) is 0. The maximum atomic E-state index is 9.62. The molecule has 0 aliphatic heterocycles. The SMILES string of the molecule is O=S(=O)=NNOS(=O)(=O)O. The Balaban J connectivity index is 3.93. The van der Waals surface area contributed by atoms with E-state index in [4.69, 9.17) is 4.55 Å². The minimum absolute atomic E-state index is 1.10. The molecule has 0 rings (SSSR count). The average molecular weight is 190 g/mol. The lowest BCUT2D eigenvalue weighted by Gasteiger charge is -1.89. The van der Waals surface area contributed by atoms with Gasteiger partial charge in [0.2, 0.25) is 0 Å². The summed E-state index contributed by atoms with van der Waals surface area (Å²) >= 11 is 0. The van der Waals surface area contributed by atoms with Gasteiger partial charge in [0.25, 0.3) is 0 Å². The third-order valence-electron chi connectivity index (χ3n) is 0.254. The van der Waals surface area contributed by atoms with Gasteiger partial charge in [-0.2, -0.15) is 16.8 Å². The van der Waals surface area contributed by atoms with Crippen molar-refractivity contribution in [2.45, 2.75) is 0 Å². The van der Waals surface area contributed by atoms with Crippen LogP contribution >= 0.6 is 0 Å². The predicted molar refractivity (Wildman–Crippen MR) is 27.1 cm³/mol. The molecule has 10 heavy (non-hydrogen) atoms. The number of hydrogen-bond acceptors (Lipinski definition) is 6. The molecule has 0 radical (unpaired) electrons. The highest BCUT2D eigenvalue weighted by molar-refractivity contribution is 7.80. The fourth-order valence-corrected chi connectivity index (χ4v) is 0.370. The molecule has 0 amide bonds. The van der Waals surface area contributed by atoms with Gasteiger partial charge in [0.1, 0.15) is 0 Å². The second kappa shape index (κ2) is 3.58. The van der Waals surface area contributed by atoms with Gasteiger partial charge in [-0.3, -0.25) is 4.55 Å². The van der Waals surface area contributed by atoms with E-state index in [9.17, 15) is 16.8 Å². The van der Waals surface area contributed by atoms with E-state index in [0.717, 1.165) is 5.59 Å². The Morgan fingerprint density at radius 2 is 2.00 bits per heavy atom. The second-order valence-electron chi connectivity index (χ2n) is 0.911. The molecular formula is H2N2O6S2. The topological polar surface area (TPSA) is 122 Å². The standard InChI is InChI=1S/H2N2O6S2/c3-9(4)2-1-8-10(5,6)7/h1H,(H,5,6,7). The third-order valence-corrected chi connectivity index (χ3v) is 0.763. The van der Waals surface area contributed by atoms with E-state index in [0.29, 0.717) is 0 Å². The zero-order chi connectivity index (χ0) is 8.20. The van der Waals surface area contributed by atoms with Crippen molar-refractivity contribution in [1.82, 2.24) is 5.59 Å². The van der Waals surface area contributed by atoms with Gasteiger partial charge in [-0.25, -0.2) is 0 Å². The lowest BCUT2D eigenvalue weighted by Crippen LogP contribution is -2.13. The molecule has 0 saturated heterocycles. The molecule has 0 fully saturated rings. The van der Waals surface area contributed by atoms with Crippen LogP contribution in [-0.2, 0) is 25.2 Å². The molecule has 2 N–H and O–H groups in total. The minimum atomic E-state index is -4.70. The van der Waals surface area contributed by atoms with Crippen molar-refractivity contribution < 1.29 is 25.7 Å². The summed E-state index contributed by atoms with van der Waals surface area (Å²) in [6.45, 7) is 0. The lowest BCUT2D eigenvalue weighted by atomic mass is 12.8. The molecule has 0 spiro atoms. The number of nitrogens with zero attached hydrogens (tertiary/aromatic N) is 1. The predicted octanol–water partition coefficient (Wildman–Crippen LogP) is -1.71. The Morgan fingerprint density at radius 3 is 2.30 bits per heavy atom. The molecule has 0 aliphatic rings. The van der Waals surface area contributed by atoms with Crippen LogP contribution in [0, 0.1) is 0 Å². The molecule has 0 bridgehead atoms. The van der Waals surface area contributed by atoms with Gasteiger partial charge in [-0.15, -0.1) is 4.28 Å². The van der Waals surface area contributed by atoms with Crippen molar-refractivity contribution in [2.24, 2.45) is 4.47 Å². The molecule has 0 unspecified atom stereocenters. The van der Waals surface area contributed by atoms with E-state index in [-0.39, 0.29) is 0 Å². The fraction of sp³-hybridized carbons (Fsp3) is 0. The normalized spacial score (nSPS) is 10.9. The first-order chi connectivity index (χ1) is 4.42.